The zero-order chi connectivity index (χ0) is 27.4. The van der Waals surface area contributed by atoms with Gasteiger partial charge in [-0.2, -0.15) is 0 Å². The largest absolute Gasteiger partial charge is 0.466 e. The summed E-state index contributed by atoms with van der Waals surface area (Å²) < 4.78 is 14.1. The zero-order valence-electron chi connectivity index (χ0n) is 21.8. The SMILES string of the molecule is COC(=O)C1=C(C)SC2(S1)C(C(=O)OC)=C(C(=O)OC)SC1=C2c2cc(C)ccc2N(C(C)=O)C1(C)C. The van der Waals surface area contributed by atoms with Gasteiger partial charge in [0.1, 0.15) is 13.9 Å². The fourth-order valence-corrected chi connectivity index (χ4v) is 10.0. The van der Waals surface area contributed by atoms with Crippen molar-refractivity contribution in [1.29, 1.82) is 0 Å². The van der Waals surface area contributed by atoms with E-state index in [-0.39, 0.29) is 16.4 Å². The molecular weight excluding hydrogens is 534 g/mol. The predicted octanol–water partition coefficient (Wildman–Crippen LogP) is 4.78. The van der Waals surface area contributed by atoms with Crippen molar-refractivity contribution < 1.29 is 33.4 Å². The highest BCUT2D eigenvalue weighted by Crippen LogP contribution is 2.71. The van der Waals surface area contributed by atoms with E-state index < -0.39 is 27.5 Å². The second-order valence-electron chi connectivity index (χ2n) is 9.13. The summed E-state index contributed by atoms with van der Waals surface area (Å²) in [6, 6.07) is 5.77. The standard InChI is InChI=1S/C26H27NO7S3/c1-12-9-10-16-15(11-12)17-21(25(4,5)27(16)14(3)28)35-20(24(31)34-8)18(22(29)32-6)26(17)36-13(2)19(37-26)23(30)33-7/h9-11H,1-8H3. The molecule has 0 saturated carbocycles. The highest BCUT2D eigenvalue weighted by molar-refractivity contribution is 8.26. The van der Waals surface area contributed by atoms with Crippen molar-refractivity contribution in [2.75, 3.05) is 26.2 Å². The molecule has 1 aromatic rings. The highest BCUT2D eigenvalue weighted by atomic mass is 32.2. The Morgan fingerprint density at radius 3 is 2.03 bits per heavy atom. The van der Waals surface area contributed by atoms with Crippen LogP contribution in [0, 0.1) is 6.92 Å². The first-order valence-electron chi connectivity index (χ1n) is 11.3. The van der Waals surface area contributed by atoms with E-state index in [1.165, 1.54) is 40.0 Å². The first kappa shape index (κ1) is 27.4. The van der Waals surface area contributed by atoms with Crippen LogP contribution in [-0.4, -0.2) is 54.8 Å². The fraction of sp³-hybridized carbons (Fsp3) is 0.385. The van der Waals surface area contributed by atoms with E-state index in [4.69, 9.17) is 14.2 Å². The number of hydrogen-bond acceptors (Lipinski definition) is 10. The van der Waals surface area contributed by atoms with E-state index in [0.717, 1.165) is 40.2 Å². The molecule has 1 aromatic carbocycles. The van der Waals surface area contributed by atoms with E-state index in [0.29, 0.717) is 20.4 Å². The minimum absolute atomic E-state index is 0.0553. The lowest BCUT2D eigenvalue weighted by molar-refractivity contribution is -0.138. The van der Waals surface area contributed by atoms with Crippen LogP contribution in [0.1, 0.15) is 38.8 Å². The molecule has 0 bridgehead atoms. The van der Waals surface area contributed by atoms with Gasteiger partial charge in [-0.15, -0.1) is 11.8 Å². The minimum atomic E-state index is -1.27. The first-order valence-corrected chi connectivity index (χ1v) is 13.7. The van der Waals surface area contributed by atoms with Crippen molar-refractivity contribution in [2.24, 2.45) is 0 Å². The van der Waals surface area contributed by atoms with Crippen molar-refractivity contribution in [1.82, 2.24) is 0 Å². The maximum absolute atomic E-state index is 13.4. The van der Waals surface area contributed by atoms with Gasteiger partial charge in [0.25, 0.3) is 0 Å². The van der Waals surface area contributed by atoms with Crippen LogP contribution in [0.25, 0.3) is 5.57 Å². The van der Waals surface area contributed by atoms with Gasteiger partial charge in [0.2, 0.25) is 5.91 Å². The molecule has 0 radical (unpaired) electrons. The average molecular weight is 562 g/mol. The van der Waals surface area contributed by atoms with E-state index in [2.05, 4.69) is 0 Å². The molecule has 0 fully saturated rings. The molecule has 0 N–H and O–H groups in total. The van der Waals surface area contributed by atoms with Crippen LogP contribution in [0.5, 0.6) is 0 Å². The monoisotopic (exact) mass is 561 g/mol. The lowest BCUT2D eigenvalue weighted by Gasteiger charge is -2.50. The molecule has 0 aliphatic carbocycles. The molecule has 8 nitrogen and oxygen atoms in total. The van der Waals surface area contributed by atoms with Crippen LogP contribution in [0.4, 0.5) is 5.69 Å². The van der Waals surface area contributed by atoms with Crippen molar-refractivity contribution in [3.63, 3.8) is 0 Å². The van der Waals surface area contributed by atoms with Gasteiger partial charge in [0, 0.05) is 27.9 Å². The Morgan fingerprint density at radius 2 is 1.46 bits per heavy atom. The molecular formula is C26H27NO7S3. The molecule has 4 rings (SSSR count). The van der Waals surface area contributed by atoms with Crippen LogP contribution in [-0.2, 0) is 33.4 Å². The quantitative estimate of drug-likeness (QED) is 0.379. The second-order valence-corrected chi connectivity index (χ2v) is 13.1. The molecule has 11 heteroatoms. The molecule has 1 atom stereocenters. The fourth-order valence-electron chi connectivity index (χ4n) is 4.92. The van der Waals surface area contributed by atoms with Gasteiger partial charge in [-0.1, -0.05) is 35.2 Å². The van der Waals surface area contributed by atoms with E-state index >= 15 is 0 Å². The number of benzene rings is 1. The number of carbonyl (C=O) groups is 4. The minimum Gasteiger partial charge on any atom is -0.466 e. The first-order chi connectivity index (χ1) is 17.3. The number of ether oxygens (including phenoxy) is 3. The molecule has 3 heterocycles. The highest BCUT2D eigenvalue weighted by Gasteiger charge is 2.60. The smallest absolute Gasteiger partial charge is 0.345 e. The summed E-state index contributed by atoms with van der Waals surface area (Å²) in [6.45, 7) is 9.02. The summed E-state index contributed by atoms with van der Waals surface area (Å²) in [4.78, 5) is 55.8. The summed E-state index contributed by atoms with van der Waals surface area (Å²) in [7, 11) is 3.79. The van der Waals surface area contributed by atoms with E-state index in [1.54, 1.807) is 11.8 Å². The lowest BCUT2D eigenvalue weighted by Crippen LogP contribution is -2.53. The van der Waals surface area contributed by atoms with Gasteiger partial charge in [0.15, 0.2) is 0 Å². The molecule has 1 unspecified atom stereocenters. The number of rotatable bonds is 3. The van der Waals surface area contributed by atoms with Crippen molar-refractivity contribution >= 4 is 70.4 Å². The number of hydrogen-bond donors (Lipinski definition) is 0. The van der Waals surface area contributed by atoms with Gasteiger partial charge in [-0.3, -0.25) is 4.79 Å². The van der Waals surface area contributed by atoms with Crippen molar-refractivity contribution in [3.05, 3.63) is 54.5 Å². The van der Waals surface area contributed by atoms with Gasteiger partial charge < -0.3 is 19.1 Å². The van der Waals surface area contributed by atoms with Crippen LogP contribution < -0.4 is 4.90 Å². The Bertz CT molecular complexity index is 1360. The Labute approximate surface area is 228 Å². The maximum atomic E-state index is 13.4. The molecule has 1 spiro atoms. The number of carbonyl (C=O) groups excluding carboxylic acids is 4. The molecule has 3 aliphatic rings. The van der Waals surface area contributed by atoms with Gasteiger partial charge >= 0.3 is 17.9 Å². The number of thioether (sulfide) groups is 3. The summed E-state index contributed by atoms with van der Waals surface area (Å²) in [6.07, 6.45) is 0. The third-order valence-electron chi connectivity index (χ3n) is 6.40. The second kappa shape index (κ2) is 9.59. The molecule has 0 aromatic heterocycles. The van der Waals surface area contributed by atoms with Gasteiger partial charge in [-0.25, -0.2) is 14.4 Å². The molecule has 196 valence electrons. The topological polar surface area (TPSA) is 99.2 Å². The number of nitrogens with zero attached hydrogens (tertiary/aromatic N) is 1. The molecule has 3 aliphatic heterocycles. The number of anilines is 1. The van der Waals surface area contributed by atoms with Crippen molar-refractivity contribution in [3.8, 4) is 0 Å². The van der Waals surface area contributed by atoms with Gasteiger partial charge in [0.05, 0.1) is 38.1 Å². The third kappa shape index (κ3) is 4.02. The van der Waals surface area contributed by atoms with Crippen LogP contribution in [0.3, 0.4) is 0 Å². The van der Waals surface area contributed by atoms with Crippen molar-refractivity contribution in [2.45, 2.75) is 44.2 Å². The predicted molar refractivity (Wildman–Crippen MR) is 147 cm³/mol. The summed E-state index contributed by atoms with van der Waals surface area (Å²) in [5.41, 5.74) is 2.28. The molecule has 37 heavy (non-hydrogen) atoms. The van der Waals surface area contributed by atoms with Gasteiger partial charge in [-0.05, 0) is 39.8 Å². The van der Waals surface area contributed by atoms with Crippen LogP contribution >= 0.6 is 35.3 Å². The number of amides is 1. The molecule has 1 amide bonds. The average Bonchev–Trinajstić information content (AvgIpc) is 3.18. The number of methoxy groups -OCH3 is 3. The van der Waals surface area contributed by atoms with E-state index in [1.807, 2.05) is 39.0 Å². The molecule has 0 saturated heterocycles. The Kier molecular flexibility index (Phi) is 7.11. The number of aryl methyl sites for hydroxylation is 1. The maximum Gasteiger partial charge on any atom is 0.345 e. The summed E-state index contributed by atoms with van der Waals surface area (Å²) in [5, 5.41) is 0. The number of allylic oxidation sites excluding steroid dienone is 1. The normalized spacial score (nSPS) is 22.1. The van der Waals surface area contributed by atoms with Crippen LogP contribution in [0.15, 0.2) is 43.4 Å². The Balaban J connectivity index is 2.16. The Morgan fingerprint density at radius 1 is 0.865 bits per heavy atom. The number of esters is 3. The van der Waals surface area contributed by atoms with Crippen LogP contribution in [0.2, 0.25) is 0 Å². The summed E-state index contributed by atoms with van der Waals surface area (Å²) in [5.74, 6) is -2.13. The van der Waals surface area contributed by atoms with E-state index in [9.17, 15) is 19.2 Å². The lowest BCUT2D eigenvalue weighted by atomic mass is 9.83. The number of fused-ring (bicyclic) bond motifs is 3. The summed E-state index contributed by atoms with van der Waals surface area (Å²) >= 11 is 3.54. The third-order valence-corrected chi connectivity index (χ3v) is 11.1. The Hall–Kier alpha value is -2.63. The zero-order valence-corrected chi connectivity index (χ0v) is 24.2.